The van der Waals surface area contributed by atoms with Crippen molar-refractivity contribution < 1.29 is 19.2 Å². The first-order valence-corrected chi connectivity index (χ1v) is 10.6. The summed E-state index contributed by atoms with van der Waals surface area (Å²) in [7, 11) is 1.55. The third-order valence-corrected chi connectivity index (χ3v) is 6.18. The minimum absolute atomic E-state index is 0.267. The third-order valence-electron chi connectivity index (χ3n) is 6.18. The molecule has 2 aliphatic rings. The normalized spacial score (nSPS) is 22.4. The summed E-state index contributed by atoms with van der Waals surface area (Å²) in [6, 6.07) is 22.3. The minimum atomic E-state index is -0.889. The summed E-state index contributed by atoms with van der Waals surface area (Å²) in [4.78, 5) is 34.5. The number of imide groups is 1. The van der Waals surface area contributed by atoms with Gasteiger partial charge in [0.15, 0.2) is 6.10 Å². The van der Waals surface area contributed by atoms with Gasteiger partial charge in [-0.3, -0.25) is 14.4 Å². The maximum Gasteiger partial charge on any atom is 0.266 e. The van der Waals surface area contributed by atoms with E-state index in [2.05, 4.69) is 6.07 Å². The van der Waals surface area contributed by atoms with Crippen LogP contribution in [-0.4, -0.2) is 25.0 Å². The number of benzene rings is 3. The number of rotatable bonds is 4. The van der Waals surface area contributed by atoms with Crippen molar-refractivity contribution in [2.24, 2.45) is 5.92 Å². The molecule has 2 fully saturated rings. The van der Waals surface area contributed by atoms with E-state index in [4.69, 9.17) is 9.57 Å². The third kappa shape index (κ3) is 3.15. The zero-order chi connectivity index (χ0) is 22.4. The van der Waals surface area contributed by atoms with Crippen molar-refractivity contribution in [1.82, 2.24) is 0 Å². The molecule has 0 radical (unpaired) electrons. The zero-order valence-electron chi connectivity index (χ0n) is 18.2. The Morgan fingerprint density at radius 2 is 1.59 bits per heavy atom. The smallest absolute Gasteiger partial charge is 0.266 e. The highest BCUT2D eigenvalue weighted by Crippen LogP contribution is 2.48. The number of nitrogens with zero attached hydrogens (tertiary/aromatic N) is 2. The number of anilines is 2. The molecule has 6 heteroatoms. The molecule has 6 nitrogen and oxygen atoms in total. The lowest BCUT2D eigenvalue weighted by atomic mass is 9.87. The lowest BCUT2D eigenvalue weighted by Crippen LogP contribution is -2.37. The average molecular weight is 428 g/mol. The molecule has 0 bridgehead atoms. The molecule has 5 rings (SSSR count). The summed E-state index contributed by atoms with van der Waals surface area (Å²) in [6.07, 6.45) is -0.889. The van der Waals surface area contributed by atoms with E-state index in [0.717, 1.165) is 22.4 Å². The first kappa shape index (κ1) is 20.3. The van der Waals surface area contributed by atoms with Crippen LogP contribution in [0.15, 0.2) is 72.8 Å². The predicted octanol–water partition coefficient (Wildman–Crippen LogP) is 4.36. The number of carbonyl (C=O) groups is 2. The largest absolute Gasteiger partial charge is 0.497 e. The predicted molar refractivity (Wildman–Crippen MR) is 121 cm³/mol. The number of hydrogen-bond acceptors (Lipinski definition) is 5. The van der Waals surface area contributed by atoms with Crippen LogP contribution in [0.4, 0.5) is 11.4 Å². The molecular formula is C26H24N2O4. The number of ether oxygens (including phenoxy) is 1. The van der Waals surface area contributed by atoms with Crippen LogP contribution >= 0.6 is 0 Å². The average Bonchev–Trinajstić information content (AvgIpc) is 3.30. The van der Waals surface area contributed by atoms with Crippen molar-refractivity contribution in [3.05, 3.63) is 89.5 Å². The van der Waals surface area contributed by atoms with Crippen molar-refractivity contribution >= 4 is 23.2 Å². The molecule has 2 amide bonds. The molecule has 0 N–H and O–H groups in total. The van der Waals surface area contributed by atoms with Crippen LogP contribution in [0.3, 0.4) is 0 Å². The van der Waals surface area contributed by atoms with Gasteiger partial charge in [0.25, 0.3) is 5.91 Å². The number of aryl methyl sites for hydroxylation is 2. The van der Waals surface area contributed by atoms with Gasteiger partial charge in [-0.25, -0.2) is 9.96 Å². The Kier molecular flexibility index (Phi) is 4.94. The molecule has 3 aromatic rings. The summed E-state index contributed by atoms with van der Waals surface area (Å²) >= 11 is 0. The van der Waals surface area contributed by atoms with Gasteiger partial charge in [-0.2, -0.15) is 0 Å². The molecule has 0 unspecified atom stereocenters. The van der Waals surface area contributed by atoms with Gasteiger partial charge in [-0.05, 0) is 49.2 Å². The van der Waals surface area contributed by atoms with Gasteiger partial charge >= 0.3 is 0 Å². The fourth-order valence-electron chi connectivity index (χ4n) is 4.69. The first-order valence-electron chi connectivity index (χ1n) is 10.6. The van der Waals surface area contributed by atoms with E-state index in [1.807, 2.05) is 56.3 Å². The molecule has 2 saturated heterocycles. The molecule has 3 atom stereocenters. The van der Waals surface area contributed by atoms with Gasteiger partial charge in [0, 0.05) is 6.07 Å². The summed E-state index contributed by atoms with van der Waals surface area (Å²) < 4.78 is 5.28. The SMILES string of the molecule is COc1cccc(N2C(=O)[C@H]3[C@H](ON(c4ccccc4)[C@H]3c3ccc(C)cc3C)C2=O)c1. The molecule has 162 valence electrons. The van der Waals surface area contributed by atoms with Crippen molar-refractivity contribution in [2.45, 2.75) is 26.0 Å². The molecular weight excluding hydrogens is 404 g/mol. The topological polar surface area (TPSA) is 59.1 Å². The summed E-state index contributed by atoms with van der Waals surface area (Å²) in [5, 5.41) is 1.73. The van der Waals surface area contributed by atoms with Gasteiger partial charge in [0.05, 0.1) is 24.5 Å². The van der Waals surface area contributed by atoms with E-state index in [-0.39, 0.29) is 11.8 Å². The van der Waals surface area contributed by atoms with E-state index in [9.17, 15) is 9.59 Å². The van der Waals surface area contributed by atoms with Crippen molar-refractivity contribution in [3.8, 4) is 5.75 Å². The van der Waals surface area contributed by atoms with E-state index < -0.39 is 18.1 Å². The molecule has 2 heterocycles. The Morgan fingerprint density at radius 3 is 2.31 bits per heavy atom. The van der Waals surface area contributed by atoms with Crippen LogP contribution in [0.25, 0.3) is 0 Å². The lowest BCUT2D eigenvalue weighted by molar-refractivity contribution is -0.126. The van der Waals surface area contributed by atoms with Crippen LogP contribution in [0, 0.1) is 19.8 Å². The second kappa shape index (κ2) is 7.80. The molecule has 0 aliphatic carbocycles. The second-order valence-electron chi connectivity index (χ2n) is 8.23. The van der Waals surface area contributed by atoms with Crippen LogP contribution in [0.5, 0.6) is 5.75 Å². The van der Waals surface area contributed by atoms with Crippen LogP contribution in [0.1, 0.15) is 22.7 Å². The summed E-state index contributed by atoms with van der Waals surface area (Å²) in [6.45, 7) is 4.06. The monoisotopic (exact) mass is 428 g/mol. The van der Waals surface area contributed by atoms with Crippen molar-refractivity contribution in [1.29, 1.82) is 0 Å². The maximum atomic E-state index is 13.7. The highest BCUT2D eigenvalue weighted by Gasteiger charge is 2.60. The van der Waals surface area contributed by atoms with Gasteiger partial charge < -0.3 is 4.74 Å². The Hall–Kier alpha value is -3.64. The zero-order valence-corrected chi connectivity index (χ0v) is 18.2. The molecule has 2 aliphatic heterocycles. The Labute approximate surface area is 186 Å². The quantitative estimate of drug-likeness (QED) is 0.578. The van der Waals surface area contributed by atoms with E-state index in [1.165, 1.54) is 4.90 Å². The Morgan fingerprint density at radius 1 is 0.844 bits per heavy atom. The number of methoxy groups -OCH3 is 1. The highest BCUT2D eigenvalue weighted by molar-refractivity contribution is 6.24. The van der Waals surface area contributed by atoms with Gasteiger partial charge in [0.1, 0.15) is 11.7 Å². The number of fused-ring (bicyclic) bond motifs is 1. The Bertz CT molecular complexity index is 1190. The number of carbonyl (C=O) groups excluding carboxylic acids is 2. The summed E-state index contributed by atoms with van der Waals surface area (Å²) in [5.41, 5.74) is 4.46. The maximum absolute atomic E-state index is 13.7. The molecule has 0 spiro atoms. The fourth-order valence-corrected chi connectivity index (χ4v) is 4.69. The molecule has 0 aromatic heterocycles. The number of hydrogen-bond donors (Lipinski definition) is 0. The second-order valence-corrected chi connectivity index (χ2v) is 8.23. The first-order chi connectivity index (χ1) is 15.5. The van der Waals surface area contributed by atoms with Gasteiger partial charge in [-0.15, -0.1) is 0 Å². The van der Waals surface area contributed by atoms with Crippen molar-refractivity contribution in [2.75, 3.05) is 17.1 Å². The van der Waals surface area contributed by atoms with Gasteiger partial charge in [-0.1, -0.05) is 48.0 Å². The van der Waals surface area contributed by atoms with Crippen LogP contribution < -0.4 is 14.7 Å². The van der Waals surface area contributed by atoms with Crippen LogP contribution in [0.2, 0.25) is 0 Å². The standard InChI is InChI=1S/C26H24N2O4/c1-16-12-13-21(17(2)14-16)23-22-24(32-28(23)18-8-5-4-6-9-18)26(30)27(25(22)29)19-10-7-11-20(15-19)31-3/h4-15,22-24H,1-3H3/t22-,23+,24+/m1/s1. The molecule has 3 aromatic carbocycles. The summed E-state index contributed by atoms with van der Waals surface area (Å²) in [5.74, 6) is -0.702. The number of hydroxylamine groups is 1. The van der Waals surface area contributed by atoms with Crippen LogP contribution in [-0.2, 0) is 14.4 Å². The number of amides is 2. The molecule has 0 saturated carbocycles. The van der Waals surface area contributed by atoms with Crippen molar-refractivity contribution in [3.63, 3.8) is 0 Å². The van der Waals surface area contributed by atoms with E-state index in [0.29, 0.717) is 11.4 Å². The lowest BCUT2D eigenvalue weighted by Gasteiger charge is -2.29. The highest BCUT2D eigenvalue weighted by atomic mass is 16.7. The minimum Gasteiger partial charge on any atom is -0.497 e. The fraction of sp³-hybridized carbons (Fsp3) is 0.231. The van der Waals surface area contributed by atoms with Gasteiger partial charge in [0.2, 0.25) is 5.91 Å². The van der Waals surface area contributed by atoms with E-state index >= 15 is 0 Å². The van der Waals surface area contributed by atoms with E-state index in [1.54, 1.807) is 36.4 Å². The Balaban J connectivity index is 1.60. The molecule has 32 heavy (non-hydrogen) atoms. The number of para-hydroxylation sites is 1.